The molecular weight excluding hydrogens is 893 g/mol. The monoisotopic (exact) mass is 984 g/mol. The third-order valence-electron chi connectivity index (χ3n) is 12.8. The zero-order chi connectivity index (χ0) is 46.8. The Balaban J connectivity index is 3.33. The molecule has 0 aliphatic carbocycles. The molecule has 0 bridgehead atoms. The summed E-state index contributed by atoms with van der Waals surface area (Å²) in [6, 6.07) is 8.55. The average molecular weight is 987 g/mol. The van der Waals surface area contributed by atoms with Gasteiger partial charge >= 0.3 is 0 Å². The van der Waals surface area contributed by atoms with E-state index in [0.717, 1.165) is 0 Å². The molecule has 3 rings (SSSR count). The van der Waals surface area contributed by atoms with E-state index in [2.05, 4.69) is 216 Å². The molecule has 0 unspecified atom stereocenters. The van der Waals surface area contributed by atoms with Gasteiger partial charge < -0.3 is 0 Å². The van der Waals surface area contributed by atoms with Crippen LogP contribution in [0, 0.1) is 20.8 Å². The van der Waals surface area contributed by atoms with Gasteiger partial charge in [-0.05, 0) is 36.3 Å². The van der Waals surface area contributed by atoms with Gasteiger partial charge in [-0.3, -0.25) is 0 Å². The molecule has 0 saturated heterocycles. The van der Waals surface area contributed by atoms with Crippen LogP contribution in [0.2, 0.25) is 177 Å². The van der Waals surface area contributed by atoms with Crippen LogP contribution in [0.15, 0.2) is 18.2 Å². The SMILES string of the molecule is Cc1c([Si](C)(C)C)cc([Si](Cl)(c2cc([Si](C)(C)C)c(C)c([Si](C)(C)C)c2[Si](C)(C)C)c2cc([Si](C)(C)C)c(C)c([Si](C)(C)C)c2[Si](C)(C)C)c([Si](C)(C)C)c1[Si](C)(C)C. The average Bonchev–Trinajstić information content (AvgIpc) is 2.94. The molecule has 332 valence electrons. The summed E-state index contributed by atoms with van der Waals surface area (Å²) in [7, 11) is -20.5. The zero-order valence-corrected chi connectivity index (χ0v) is 55.4. The van der Waals surface area contributed by atoms with Crippen molar-refractivity contribution in [1.29, 1.82) is 0 Å². The Bertz CT molecular complexity index is 1860. The van der Waals surface area contributed by atoms with Crippen LogP contribution in [-0.2, 0) is 0 Å². The maximum atomic E-state index is 9.84. The summed E-state index contributed by atoms with van der Waals surface area (Å²) in [6.45, 7) is 78.9. The van der Waals surface area contributed by atoms with E-state index in [-0.39, 0.29) is 0 Å². The Hall–Kier alpha value is 0.119. The predicted molar refractivity (Wildman–Crippen MR) is 311 cm³/mol. The van der Waals surface area contributed by atoms with Crippen molar-refractivity contribution >= 4 is 153 Å². The van der Waals surface area contributed by atoms with Gasteiger partial charge in [0.2, 0.25) is 7.38 Å². The smallest absolute Gasteiger partial charge is 0.149 e. The van der Waals surface area contributed by atoms with Crippen LogP contribution >= 0.6 is 11.1 Å². The fourth-order valence-corrected chi connectivity index (χ4v) is 46.8. The quantitative estimate of drug-likeness (QED) is 0.0969. The van der Waals surface area contributed by atoms with Crippen molar-refractivity contribution in [2.45, 2.75) is 198 Å². The van der Waals surface area contributed by atoms with Gasteiger partial charge in [0.05, 0.1) is 72.7 Å². The molecule has 0 nitrogen and oxygen atoms in total. The van der Waals surface area contributed by atoms with Crippen LogP contribution in [0.25, 0.3) is 0 Å². The summed E-state index contributed by atoms with van der Waals surface area (Å²) in [5.41, 5.74) is 4.87. The summed E-state index contributed by atoms with van der Waals surface area (Å²) < 4.78 is 0. The Morgan fingerprint density at radius 2 is 0.390 bits per heavy atom. The molecule has 0 fully saturated rings. The van der Waals surface area contributed by atoms with Gasteiger partial charge in [-0.15, -0.1) is 11.1 Å². The van der Waals surface area contributed by atoms with Crippen molar-refractivity contribution in [3.05, 3.63) is 34.9 Å². The maximum Gasteiger partial charge on any atom is 0.247 e. The molecule has 0 aliphatic heterocycles. The molecule has 3 aromatic rings. The topological polar surface area (TPSA) is 0 Å². The van der Waals surface area contributed by atoms with Gasteiger partial charge in [-0.2, -0.15) is 0 Å². The van der Waals surface area contributed by atoms with Crippen molar-refractivity contribution in [3.63, 3.8) is 0 Å². The van der Waals surface area contributed by atoms with Crippen molar-refractivity contribution in [3.8, 4) is 0 Å². The van der Waals surface area contributed by atoms with Crippen LogP contribution in [-0.4, -0.2) is 80.0 Å². The highest BCUT2D eigenvalue weighted by molar-refractivity contribution is 7.44. The van der Waals surface area contributed by atoms with Gasteiger partial charge in [-0.1, -0.05) is 258 Å². The highest BCUT2D eigenvalue weighted by Gasteiger charge is 2.52. The van der Waals surface area contributed by atoms with Crippen LogP contribution < -0.4 is 62.2 Å². The van der Waals surface area contributed by atoms with Gasteiger partial charge in [-0.25, -0.2) is 0 Å². The molecule has 0 aliphatic rings. The van der Waals surface area contributed by atoms with Crippen molar-refractivity contribution in [2.75, 3.05) is 0 Å². The van der Waals surface area contributed by atoms with Crippen LogP contribution in [0.5, 0.6) is 0 Å². The minimum atomic E-state index is -3.36. The molecule has 0 aromatic heterocycles. The lowest BCUT2D eigenvalue weighted by molar-refractivity contribution is 1.51. The summed E-state index contributed by atoms with van der Waals surface area (Å²) >= 11 is 9.84. The van der Waals surface area contributed by atoms with E-state index in [1.807, 2.05) is 0 Å². The molecule has 0 radical (unpaired) electrons. The summed E-state index contributed by atoms with van der Waals surface area (Å²) in [5, 5.41) is 20.4. The first kappa shape index (κ1) is 53.5. The number of benzene rings is 3. The highest BCUT2D eigenvalue weighted by atomic mass is 35.6. The lowest BCUT2D eigenvalue weighted by Gasteiger charge is -2.46. The third kappa shape index (κ3) is 10.5. The van der Waals surface area contributed by atoms with Crippen LogP contribution in [0.3, 0.4) is 0 Å². The van der Waals surface area contributed by atoms with Gasteiger partial charge in [0.1, 0.15) is 0 Å². The maximum absolute atomic E-state index is 9.84. The van der Waals surface area contributed by atoms with E-state index < -0.39 is 80.0 Å². The van der Waals surface area contributed by atoms with E-state index in [0.29, 0.717) is 0 Å². The van der Waals surface area contributed by atoms with E-state index in [1.54, 1.807) is 78.9 Å². The van der Waals surface area contributed by atoms with Crippen molar-refractivity contribution < 1.29 is 0 Å². The second-order valence-electron chi connectivity index (χ2n) is 27.9. The second-order valence-corrected chi connectivity index (χ2v) is 77.7. The number of hydrogen-bond donors (Lipinski definition) is 0. The Morgan fingerprint density at radius 1 is 0.237 bits per heavy atom. The molecule has 0 spiro atoms. The van der Waals surface area contributed by atoms with Crippen molar-refractivity contribution in [2.24, 2.45) is 0 Å². The molecule has 11 heteroatoms. The third-order valence-corrected chi connectivity index (χ3v) is 38.4. The fourth-order valence-electron chi connectivity index (χ4n) is 11.1. The minimum absolute atomic E-state index is 1.62. The molecule has 0 saturated carbocycles. The fraction of sp³-hybridized carbons (Fsp3) is 0.625. The first-order valence-corrected chi connectivity index (χ1v) is 57.4. The molecule has 0 heterocycles. The van der Waals surface area contributed by atoms with Crippen LogP contribution in [0.1, 0.15) is 16.7 Å². The lowest BCUT2D eigenvalue weighted by atomic mass is 10.2. The molecule has 0 N–H and O–H groups in total. The zero-order valence-electron chi connectivity index (χ0n) is 44.6. The number of hydrogen-bond acceptors (Lipinski definition) is 0. The Morgan fingerprint density at radius 3 is 0.508 bits per heavy atom. The summed E-state index contributed by atoms with van der Waals surface area (Å²) in [4.78, 5) is 0. The van der Waals surface area contributed by atoms with E-state index in [9.17, 15) is 11.1 Å². The molecule has 0 amide bonds. The largest absolute Gasteiger partial charge is 0.247 e. The highest BCUT2D eigenvalue weighted by Crippen LogP contribution is 2.23. The molecule has 0 atom stereocenters. The van der Waals surface area contributed by atoms with E-state index in [1.165, 1.54) is 0 Å². The first-order valence-electron chi connectivity index (χ1n) is 22.9. The Labute approximate surface area is 382 Å². The molecule has 3 aromatic carbocycles. The van der Waals surface area contributed by atoms with Gasteiger partial charge in [0, 0.05) is 0 Å². The van der Waals surface area contributed by atoms with E-state index in [4.69, 9.17) is 0 Å². The minimum Gasteiger partial charge on any atom is -0.149 e. The predicted octanol–water partition coefficient (Wildman–Crippen LogP) is 8.72. The summed E-state index contributed by atoms with van der Waals surface area (Å²) in [5.74, 6) is 0. The normalized spacial score (nSPS) is 14.7. The lowest BCUT2D eigenvalue weighted by Crippen LogP contribution is -2.84. The van der Waals surface area contributed by atoms with Crippen molar-refractivity contribution in [1.82, 2.24) is 0 Å². The first-order chi connectivity index (χ1) is 25.6. The number of rotatable bonds is 12. The van der Waals surface area contributed by atoms with E-state index >= 15 is 0 Å². The number of halogens is 1. The van der Waals surface area contributed by atoms with Crippen LogP contribution in [0.4, 0.5) is 0 Å². The Kier molecular flexibility index (Phi) is 14.7. The standard InChI is InChI=1S/C48H93ClSi10/c1-34-37(50(4,5)6)31-40(46(56(22,23)24)43(34)53(13,14)15)59(49,41-32-38(51(7,8)9)35(2)44(54(16,17)18)47(41)57(25,26)27)42-33-39(52(10,11)12)36(3)45(55(19,20)21)48(42)58(28,29)30/h31-33H,1-30H3. The molecular formula is C48H93ClSi10. The molecule has 59 heavy (non-hydrogen) atoms. The van der Waals surface area contributed by atoms with Gasteiger partial charge in [0.25, 0.3) is 0 Å². The second kappa shape index (κ2) is 16.2. The summed E-state index contributed by atoms with van der Waals surface area (Å²) in [6.07, 6.45) is 0. The van der Waals surface area contributed by atoms with Gasteiger partial charge in [0.15, 0.2) is 0 Å².